The molecule has 1 aromatic rings. The molecule has 3 atom stereocenters. The quantitative estimate of drug-likeness (QED) is 0.794. The zero-order valence-electron chi connectivity index (χ0n) is 17.0. The number of aromatic nitrogens is 1. The van der Waals surface area contributed by atoms with E-state index >= 15 is 0 Å². The minimum Gasteiger partial charge on any atom is -0.444 e. The highest BCUT2D eigenvalue weighted by molar-refractivity contribution is 5.05. The van der Waals surface area contributed by atoms with Crippen molar-refractivity contribution in [3.8, 4) is 0 Å². The first kappa shape index (κ1) is 19.4. The van der Waals surface area contributed by atoms with E-state index in [1.165, 1.54) is 38.6 Å². The fraction of sp³-hybridized carbons (Fsp3) is 0.857. The van der Waals surface area contributed by atoms with E-state index < -0.39 is 0 Å². The highest BCUT2D eigenvalue weighted by atomic mass is 16.5. The normalized spacial score (nSPS) is 30.8. The number of piperidine rings is 1. The van der Waals surface area contributed by atoms with Gasteiger partial charge in [0, 0.05) is 18.6 Å². The van der Waals surface area contributed by atoms with Crippen LogP contribution in [0.25, 0.3) is 0 Å². The fourth-order valence-corrected chi connectivity index (χ4v) is 5.05. The molecule has 1 aliphatic carbocycles. The Bertz CT molecular complexity index is 572. The molecule has 3 aliphatic rings. The average molecular weight is 377 g/mol. The maximum absolute atomic E-state index is 5.75. The number of morpholine rings is 1. The maximum atomic E-state index is 5.75. The van der Waals surface area contributed by atoms with Crippen molar-refractivity contribution in [2.45, 2.75) is 64.6 Å². The van der Waals surface area contributed by atoms with Gasteiger partial charge in [-0.3, -0.25) is 4.90 Å². The lowest BCUT2D eigenvalue weighted by atomic mass is 9.92. The first-order valence-corrected chi connectivity index (χ1v) is 10.9. The van der Waals surface area contributed by atoms with Crippen LogP contribution in [0.2, 0.25) is 0 Å². The Kier molecular flexibility index (Phi) is 6.48. The van der Waals surface area contributed by atoms with Gasteiger partial charge in [-0.05, 0) is 71.0 Å². The summed E-state index contributed by atoms with van der Waals surface area (Å²) in [5.41, 5.74) is 1.02. The summed E-state index contributed by atoms with van der Waals surface area (Å²) in [6.45, 7) is 11.1. The average Bonchev–Trinajstić information content (AvgIpc) is 3.28. The third-order valence-corrected chi connectivity index (χ3v) is 6.84. The summed E-state index contributed by atoms with van der Waals surface area (Å²) < 4.78 is 11.4. The van der Waals surface area contributed by atoms with E-state index in [1.54, 1.807) is 0 Å². The van der Waals surface area contributed by atoms with Gasteiger partial charge in [-0.2, -0.15) is 0 Å². The molecular formula is C21H36N4O2. The number of ether oxygens (including phenoxy) is 1. The molecule has 6 heteroatoms. The van der Waals surface area contributed by atoms with Gasteiger partial charge in [0.15, 0.2) is 0 Å². The zero-order valence-corrected chi connectivity index (χ0v) is 17.0. The Morgan fingerprint density at radius 1 is 1.19 bits per heavy atom. The molecule has 2 aliphatic heterocycles. The van der Waals surface area contributed by atoms with Gasteiger partial charge in [0.05, 0.1) is 25.5 Å². The summed E-state index contributed by atoms with van der Waals surface area (Å²) in [5.74, 6) is 3.36. The second kappa shape index (κ2) is 9.03. The molecule has 0 spiro atoms. The van der Waals surface area contributed by atoms with Crippen molar-refractivity contribution >= 4 is 0 Å². The number of oxazole rings is 1. The van der Waals surface area contributed by atoms with E-state index in [-0.39, 0.29) is 0 Å². The minimum atomic E-state index is 0.549. The molecule has 1 saturated carbocycles. The number of rotatable bonds is 6. The van der Waals surface area contributed by atoms with E-state index in [0.29, 0.717) is 12.1 Å². The molecule has 152 valence electrons. The topological polar surface area (TPSA) is 62.6 Å². The van der Waals surface area contributed by atoms with Crippen LogP contribution in [0.3, 0.4) is 0 Å². The molecule has 0 bridgehead atoms. The first-order chi connectivity index (χ1) is 13.2. The van der Waals surface area contributed by atoms with Crippen molar-refractivity contribution in [1.82, 2.24) is 20.5 Å². The Hall–Kier alpha value is -0.950. The number of hydrogen-bond donors (Lipinski definition) is 2. The van der Waals surface area contributed by atoms with E-state index in [4.69, 9.17) is 9.15 Å². The summed E-state index contributed by atoms with van der Waals surface area (Å²) in [4.78, 5) is 7.02. The smallest absolute Gasteiger partial charge is 0.208 e. The molecule has 27 heavy (non-hydrogen) atoms. The second-order valence-corrected chi connectivity index (χ2v) is 8.71. The highest BCUT2D eigenvalue weighted by Gasteiger charge is 2.34. The summed E-state index contributed by atoms with van der Waals surface area (Å²) >= 11 is 0. The van der Waals surface area contributed by atoms with Crippen molar-refractivity contribution in [2.75, 3.05) is 39.4 Å². The molecule has 3 unspecified atom stereocenters. The Morgan fingerprint density at radius 3 is 2.74 bits per heavy atom. The Labute approximate surface area is 163 Å². The molecule has 2 N–H and O–H groups in total. The van der Waals surface area contributed by atoms with Gasteiger partial charge in [-0.15, -0.1) is 0 Å². The van der Waals surface area contributed by atoms with E-state index in [0.717, 1.165) is 68.6 Å². The molecule has 4 rings (SSSR count). The second-order valence-electron chi connectivity index (χ2n) is 8.71. The molecule has 0 amide bonds. The molecule has 0 aromatic carbocycles. The van der Waals surface area contributed by atoms with Crippen molar-refractivity contribution in [3.05, 3.63) is 17.3 Å². The van der Waals surface area contributed by atoms with Crippen LogP contribution in [0, 0.1) is 25.7 Å². The number of hydrogen-bond acceptors (Lipinski definition) is 6. The lowest BCUT2D eigenvalue weighted by Crippen LogP contribution is -2.51. The molecule has 3 fully saturated rings. The molecular weight excluding hydrogens is 340 g/mol. The largest absolute Gasteiger partial charge is 0.444 e. The monoisotopic (exact) mass is 376 g/mol. The van der Waals surface area contributed by atoms with E-state index in [9.17, 15) is 0 Å². The van der Waals surface area contributed by atoms with Crippen molar-refractivity contribution < 1.29 is 9.15 Å². The van der Waals surface area contributed by atoms with Crippen LogP contribution in [0.5, 0.6) is 0 Å². The standard InChI is InChI=1S/C21H36N4O2/c1-15-16(2)27-21(24-15)13-25-9-6-17(7-10-25)12-23-19-5-3-4-18(19)20-14-26-11-8-22-20/h17-20,22-23H,3-14H2,1-2H3. The molecule has 2 saturated heterocycles. The van der Waals surface area contributed by atoms with Crippen molar-refractivity contribution in [2.24, 2.45) is 11.8 Å². The fourth-order valence-electron chi connectivity index (χ4n) is 5.05. The van der Waals surface area contributed by atoms with Gasteiger partial charge in [0.2, 0.25) is 5.89 Å². The van der Waals surface area contributed by atoms with Gasteiger partial charge in [-0.25, -0.2) is 4.98 Å². The zero-order chi connectivity index (χ0) is 18.6. The lowest BCUT2D eigenvalue weighted by molar-refractivity contribution is 0.0518. The number of aryl methyl sites for hydroxylation is 2. The first-order valence-electron chi connectivity index (χ1n) is 10.9. The summed E-state index contributed by atoms with van der Waals surface area (Å²) in [6.07, 6.45) is 6.56. The van der Waals surface area contributed by atoms with Crippen LogP contribution < -0.4 is 10.6 Å². The van der Waals surface area contributed by atoms with Gasteiger partial charge in [0.25, 0.3) is 0 Å². The Morgan fingerprint density at radius 2 is 2.04 bits per heavy atom. The maximum Gasteiger partial charge on any atom is 0.208 e. The SMILES string of the molecule is Cc1nc(CN2CCC(CNC3CCCC3C3COCCN3)CC2)oc1C. The van der Waals surface area contributed by atoms with Crippen molar-refractivity contribution in [1.29, 1.82) is 0 Å². The Balaban J connectivity index is 1.19. The third kappa shape index (κ3) is 4.91. The molecule has 0 radical (unpaired) electrons. The molecule has 3 heterocycles. The number of nitrogens with zero attached hydrogens (tertiary/aromatic N) is 2. The van der Waals surface area contributed by atoms with Crippen LogP contribution in [0.1, 0.15) is 49.4 Å². The van der Waals surface area contributed by atoms with Gasteiger partial charge < -0.3 is 19.8 Å². The number of likely N-dealkylation sites (tertiary alicyclic amines) is 1. The van der Waals surface area contributed by atoms with Gasteiger partial charge in [-0.1, -0.05) is 6.42 Å². The van der Waals surface area contributed by atoms with Crippen LogP contribution in [-0.2, 0) is 11.3 Å². The summed E-state index contributed by atoms with van der Waals surface area (Å²) in [5, 5.41) is 7.61. The minimum absolute atomic E-state index is 0.549. The third-order valence-electron chi connectivity index (χ3n) is 6.84. The van der Waals surface area contributed by atoms with E-state index in [1.807, 2.05) is 13.8 Å². The van der Waals surface area contributed by atoms with Crippen LogP contribution >= 0.6 is 0 Å². The predicted molar refractivity (Wildman–Crippen MR) is 106 cm³/mol. The van der Waals surface area contributed by atoms with Gasteiger partial charge >= 0.3 is 0 Å². The highest BCUT2D eigenvalue weighted by Crippen LogP contribution is 2.30. The van der Waals surface area contributed by atoms with Crippen molar-refractivity contribution in [3.63, 3.8) is 0 Å². The molecule has 6 nitrogen and oxygen atoms in total. The predicted octanol–water partition coefficient (Wildman–Crippen LogP) is 2.25. The lowest BCUT2D eigenvalue weighted by Gasteiger charge is -2.35. The van der Waals surface area contributed by atoms with Crippen LogP contribution in [-0.4, -0.2) is 61.4 Å². The van der Waals surface area contributed by atoms with E-state index in [2.05, 4.69) is 20.5 Å². The summed E-state index contributed by atoms with van der Waals surface area (Å²) in [7, 11) is 0. The molecule has 1 aromatic heterocycles. The summed E-state index contributed by atoms with van der Waals surface area (Å²) in [6, 6.07) is 1.22. The van der Waals surface area contributed by atoms with Gasteiger partial charge in [0.1, 0.15) is 5.76 Å². The van der Waals surface area contributed by atoms with Crippen LogP contribution in [0.4, 0.5) is 0 Å². The van der Waals surface area contributed by atoms with Crippen LogP contribution in [0.15, 0.2) is 4.42 Å². The number of nitrogens with one attached hydrogen (secondary N) is 2.